The van der Waals surface area contributed by atoms with E-state index in [0.29, 0.717) is 38.4 Å². The molecule has 0 saturated carbocycles. The van der Waals surface area contributed by atoms with Crippen molar-refractivity contribution in [1.82, 2.24) is 29.3 Å². The number of rotatable bonds is 8. The zero-order chi connectivity index (χ0) is 16.8. The summed E-state index contributed by atoms with van der Waals surface area (Å²) in [6.07, 6.45) is 5.18. The fourth-order valence-electron chi connectivity index (χ4n) is 2.27. The van der Waals surface area contributed by atoms with Gasteiger partial charge in [-0.05, 0) is 19.9 Å². The molecular weight excluding hydrogens is 306 g/mol. The Hall–Kier alpha value is -2.50. The molecule has 0 aliphatic heterocycles. The first-order valence-electron chi connectivity index (χ1n) is 7.11. The number of H-pyrrole nitrogens is 1. The summed E-state index contributed by atoms with van der Waals surface area (Å²) in [7, 11) is 0. The first kappa shape index (κ1) is 16.9. The van der Waals surface area contributed by atoms with E-state index in [4.69, 9.17) is 5.21 Å². The third-order valence-corrected chi connectivity index (χ3v) is 3.41. The lowest BCUT2D eigenvalue weighted by Crippen LogP contribution is -2.30. The predicted octanol–water partition coefficient (Wildman–Crippen LogP) is -0.538. The summed E-state index contributed by atoms with van der Waals surface area (Å²) in [5.41, 5.74) is -0.0397. The Bertz CT molecular complexity index is 684. The van der Waals surface area contributed by atoms with Crippen molar-refractivity contribution in [2.24, 2.45) is 0 Å². The maximum Gasteiger partial charge on any atom is 0.358 e. The molecule has 11 nitrogen and oxygen atoms in total. The molecule has 0 unspecified atom stereocenters. The van der Waals surface area contributed by atoms with Crippen molar-refractivity contribution >= 4 is 5.82 Å². The van der Waals surface area contributed by atoms with Gasteiger partial charge in [-0.3, -0.25) is 10.1 Å². The number of nitrogens with one attached hydrogen (secondary N) is 2. The number of hydrogen-bond acceptors (Lipinski definition) is 7. The lowest BCUT2D eigenvalue weighted by atomic mass is 10.4. The molecular formula is C12H19N7O4-2. The van der Waals surface area contributed by atoms with Gasteiger partial charge < -0.3 is 30.7 Å². The van der Waals surface area contributed by atoms with E-state index in [-0.39, 0.29) is 16.7 Å². The van der Waals surface area contributed by atoms with Crippen LogP contribution < -0.4 is 21.1 Å². The Morgan fingerprint density at radius 2 is 2.17 bits per heavy atom. The lowest BCUT2D eigenvalue weighted by Gasteiger charge is -2.23. The molecule has 128 valence electrons. The molecule has 0 aromatic carbocycles. The van der Waals surface area contributed by atoms with Crippen molar-refractivity contribution in [3.63, 3.8) is 0 Å². The lowest BCUT2D eigenvalue weighted by molar-refractivity contribution is 0.288. The monoisotopic (exact) mass is 325 g/mol. The second kappa shape index (κ2) is 7.67. The number of aromatic nitrogens is 4. The zero-order valence-electron chi connectivity index (χ0n) is 12.7. The van der Waals surface area contributed by atoms with E-state index in [1.807, 2.05) is 0 Å². The highest BCUT2D eigenvalue weighted by Gasteiger charge is 2.06. The van der Waals surface area contributed by atoms with E-state index in [1.165, 1.54) is 12.4 Å². The molecule has 0 aliphatic carbocycles. The van der Waals surface area contributed by atoms with E-state index in [2.05, 4.69) is 15.3 Å². The van der Waals surface area contributed by atoms with Gasteiger partial charge in [-0.1, -0.05) is 0 Å². The fourth-order valence-corrected chi connectivity index (χ4v) is 2.27. The highest BCUT2D eigenvalue weighted by atomic mass is 16.8. The molecule has 2 aromatic rings. The van der Waals surface area contributed by atoms with Gasteiger partial charge in [0.15, 0.2) is 0 Å². The standard InChI is InChI=1S/C12H19N7O4/c1-10-15-9-11(18(20)21)17(10)8-4-13-3-2-6-16-7-5-14-12(16)19(22)23/h5,7,9,13-14,20H,2-4,6,8H2,1H3/q-2. The highest BCUT2D eigenvalue weighted by molar-refractivity contribution is 5.36. The first-order valence-corrected chi connectivity index (χ1v) is 7.11. The van der Waals surface area contributed by atoms with Gasteiger partial charge in [0.25, 0.3) is 0 Å². The van der Waals surface area contributed by atoms with Crippen molar-refractivity contribution in [1.29, 1.82) is 0 Å². The molecule has 0 amide bonds. The molecule has 2 rings (SSSR count). The van der Waals surface area contributed by atoms with Crippen molar-refractivity contribution in [3.05, 3.63) is 45.7 Å². The number of anilines is 1. The van der Waals surface area contributed by atoms with E-state index >= 15 is 0 Å². The topological polar surface area (TPSA) is 146 Å². The Morgan fingerprint density at radius 1 is 1.39 bits per heavy atom. The summed E-state index contributed by atoms with van der Waals surface area (Å²) in [6.45, 7) is 4.00. The van der Waals surface area contributed by atoms with Gasteiger partial charge >= 0.3 is 5.62 Å². The van der Waals surface area contributed by atoms with Crippen LogP contribution in [0.1, 0.15) is 12.2 Å². The second-order valence-electron chi connectivity index (χ2n) is 4.93. The van der Waals surface area contributed by atoms with Crippen LogP contribution in [0.15, 0.2) is 18.6 Å². The van der Waals surface area contributed by atoms with Crippen LogP contribution >= 0.6 is 0 Å². The van der Waals surface area contributed by atoms with Crippen LogP contribution in [0.4, 0.5) is 5.82 Å². The van der Waals surface area contributed by atoms with Crippen molar-refractivity contribution in [2.45, 2.75) is 26.4 Å². The maximum absolute atomic E-state index is 11.0. The van der Waals surface area contributed by atoms with Gasteiger partial charge in [0.1, 0.15) is 11.6 Å². The zero-order valence-corrected chi connectivity index (χ0v) is 12.7. The van der Waals surface area contributed by atoms with Crippen LogP contribution in [0.3, 0.4) is 0 Å². The molecule has 0 aliphatic rings. The molecule has 23 heavy (non-hydrogen) atoms. The van der Waals surface area contributed by atoms with Crippen molar-refractivity contribution < 1.29 is 5.21 Å². The fraction of sp³-hybridized carbons (Fsp3) is 0.500. The highest BCUT2D eigenvalue weighted by Crippen LogP contribution is 2.13. The smallest absolute Gasteiger partial charge is 0.358 e. The molecule has 0 saturated heterocycles. The van der Waals surface area contributed by atoms with Crippen LogP contribution in [0.5, 0.6) is 0 Å². The largest absolute Gasteiger partial charge is 0.744 e. The minimum Gasteiger partial charge on any atom is -0.744 e. The molecule has 0 spiro atoms. The van der Waals surface area contributed by atoms with E-state index < -0.39 is 4.90 Å². The number of imidazole rings is 2. The number of aromatic amines is 1. The van der Waals surface area contributed by atoms with E-state index in [0.717, 1.165) is 0 Å². The van der Waals surface area contributed by atoms with Gasteiger partial charge in [-0.2, -0.15) is 0 Å². The number of nitrogens with zero attached hydrogens (tertiary/aromatic N) is 5. The van der Waals surface area contributed by atoms with Crippen LogP contribution in [-0.2, 0) is 13.1 Å². The molecule has 0 radical (unpaired) electrons. The first-order chi connectivity index (χ1) is 11.0. The Labute approximate surface area is 131 Å². The molecule has 2 aromatic heterocycles. The van der Waals surface area contributed by atoms with Gasteiger partial charge in [-0.15, -0.1) is 0 Å². The van der Waals surface area contributed by atoms with Gasteiger partial charge in [0.2, 0.25) is 0 Å². The average molecular weight is 325 g/mol. The molecule has 3 N–H and O–H groups in total. The summed E-state index contributed by atoms with van der Waals surface area (Å²) in [4.78, 5) is 6.09. The summed E-state index contributed by atoms with van der Waals surface area (Å²) < 4.78 is 3.15. The van der Waals surface area contributed by atoms with Crippen LogP contribution in [0.2, 0.25) is 0 Å². The Morgan fingerprint density at radius 3 is 2.87 bits per heavy atom. The van der Waals surface area contributed by atoms with Gasteiger partial charge in [-0.25, -0.2) is 14.5 Å². The normalized spacial score (nSPS) is 10.9. The minimum absolute atomic E-state index is 0.0397. The maximum atomic E-state index is 11.0. The molecule has 0 bridgehead atoms. The quantitative estimate of drug-likeness (QED) is 0.436. The van der Waals surface area contributed by atoms with E-state index in [1.54, 1.807) is 22.3 Å². The van der Waals surface area contributed by atoms with Crippen molar-refractivity contribution in [3.8, 4) is 0 Å². The predicted molar refractivity (Wildman–Crippen MR) is 82.9 cm³/mol. The van der Waals surface area contributed by atoms with Crippen LogP contribution in [0, 0.1) is 22.5 Å². The number of hydrogen-bond donors (Lipinski definition) is 3. The summed E-state index contributed by atoms with van der Waals surface area (Å²) in [6, 6.07) is 0. The molecule has 0 atom stereocenters. The molecule has 2 heterocycles. The summed E-state index contributed by atoms with van der Waals surface area (Å²) >= 11 is 0. The van der Waals surface area contributed by atoms with Crippen LogP contribution in [0.25, 0.3) is 0 Å². The summed E-state index contributed by atoms with van der Waals surface area (Å²) in [5.74, 6) is 0.720. The second-order valence-corrected chi connectivity index (χ2v) is 4.93. The Balaban J connectivity index is 1.74. The van der Waals surface area contributed by atoms with Crippen LogP contribution in [-0.4, -0.2) is 37.4 Å². The van der Waals surface area contributed by atoms with Gasteiger partial charge in [0, 0.05) is 13.1 Å². The molecule has 0 fully saturated rings. The SMILES string of the molecule is Cc1ncc(N([O-])O)n1CCNCCCn1cc[nH]c1=[N+]([O-])[O-]. The third kappa shape index (κ3) is 4.25. The van der Waals surface area contributed by atoms with E-state index in [9.17, 15) is 15.6 Å². The average Bonchev–Trinajstić information content (AvgIpc) is 3.09. The summed E-state index contributed by atoms with van der Waals surface area (Å²) in [5, 5.41) is 44.4. The van der Waals surface area contributed by atoms with Gasteiger partial charge in [0.05, 0.1) is 25.1 Å². The molecule has 11 heteroatoms. The Kier molecular flexibility index (Phi) is 5.62. The number of aryl methyl sites for hydroxylation is 2. The van der Waals surface area contributed by atoms with Crippen molar-refractivity contribution in [2.75, 3.05) is 18.3 Å². The minimum atomic E-state index is -0.458. The third-order valence-electron chi connectivity index (χ3n) is 3.41.